The largest absolute Gasteiger partial charge is 0.370 e. The van der Waals surface area contributed by atoms with Crippen LogP contribution in [0.5, 0.6) is 0 Å². The number of carbonyl (C=O) groups is 1. The van der Waals surface area contributed by atoms with Crippen LogP contribution in [0.15, 0.2) is 24.3 Å². The van der Waals surface area contributed by atoms with Gasteiger partial charge in [-0.2, -0.15) is 0 Å². The third kappa shape index (κ3) is 2.97. The van der Waals surface area contributed by atoms with Gasteiger partial charge in [-0.25, -0.2) is 0 Å². The quantitative estimate of drug-likeness (QED) is 0.907. The summed E-state index contributed by atoms with van der Waals surface area (Å²) in [5.41, 5.74) is 2.18. The van der Waals surface area contributed by atoms with Crippen LogP contribution >= 0.6 is 0 Å². The minimum absolute atomic E-state index is 0.218. The Hall–Kier alpha value is -1.51. The Morgan fingerprint density at radius 1 is 1.00 bits per heavy atom. The Labute approximate surface area is 121 Å². The van der Waals surface area contributed by atoms with Crippen molar-refractivity contribution in [3.63, 3.8) is 0 Å². The first-order valence-corrected chi connectivity index (χ1v) is 7.99. The fourth-order valence-corrected chi connectivity index (χ4v) is 3.41. The number of nitrogens with zero attached hydrogens (tertiary/aromatic N) is 1. The van der Waals surface area contributed by atoms with Gasteiger partial charge in [0.2, 0.25) is 5.91 Å². The van der Waals surface area contributed by atoms with Crippen LogP contribution in [0.3, 0.4) is 0 Å². The molecule has 3 heteroatoms. The molecule has 1 heterocycles. The van der Waals surface area contributed by atoms with E-state index in [0.29, 0.717) is 0 Å². The second kappa shape index (κ2) is 6.29. The van der Waals surface area contributed by atoms with Crippen LogP contribution in [0.2, 0.25) is 0 Å². The number of para-hydroxylation sites is 2. The van der Waals surface area contributed by atoms with Crippen molar-refractivity contribution in [1.29, 1.82) is 0 Å². The van der Waals surface area contributed by atoms with E-state index in [9.17, 15) is 4.79 Å². The first-order valence-electron chi connectivity index (χ1n) is 7.99. The molecule has 1 saturated heterocycles. The van der Waals surface area contributed by atoms with Crippen LogP contribution in [0.4, 0.5) is 11.4 Å². The Morgan fingerprint density at radius 3 is 2.45 bits per heavy atom. The van der Waals surface area contributed by atoms with Crippen molar-refractivity contribution in [2.24, 2.45) is 5.92 Å². The lowest BCUT2D eigenvalue weighted by atomic mass is 9.88. The highest BCUT2D eigenvalue weighted by Crippen LogP contribution is 2.30. The van der Waals surface area contributed by atoms with Crippen LogP contribution in [-0.2, 0) is 4.79 Å². The SMILES string of the molecule is O=C(Nc1ccccc1N1CCCC1)C1CCCCC1. The van der Waals surface area contributed by atoms with Crippen molar-refractivity contribution in [2.45, 2.75) is 44.9 Å². The van der Waals surface area contributed by atoms with Crippen molar-refractivity contribution in [3.8, 4) is 0 Å². The highest BCUT2D eigenvalue weighted by molar-refractivity contribution is 5.95. The summed E-state index contributed by atoms with van der Waals surface area (Å²) in [5, 5.41) is 3.18. The molecule has 1 N–H and O–H groups in total. The standard InChI is InChI=1S/C17H24N2O/c20-17(14-8-2-1-3-9-14)18-15-10-4-5-11-16(15)19-12-6-7-13-19/h4-5,10-11,14H,1-3,6-9,12-13H2,(H,18,20). The predicted molar refractivity (Wildman–Crippen MR) is 83.1 cm³/mol. The monoisotopic (exact) mass is 272 g/mol. The average Bonchev–Trinajstić information content (AvgIpc) is 3.03. The van der Waals surface area contributed by atoms with E-state index in [-0.39, 0.29) is 11.8 Å². The van der Waals surface area contributed by atoms with Gasteiger partial charge in [-0.3, -0.25) is 4.79 Å². The zero-order valence-corrected chi connectivity index (χ0v) is 12.1. The van der Waals surface area contributed by atoms with Gasteiger partial charge in [-0.05, 0) is 37.8 Å². The number of hydrogen-bond donors (Lipinski definition) is 1. The number of nitrogens with one attached hydrogen (secondary N) is 1. The van der Waals surface area contributed by atoms with Gasteiger partial charge in [-0.1, -0.05) is 31.4 Å². The Bertz CT molecular complexity index is 460. The molecule has 2 aliphatic rings. The Kier molecular flexibility index (Phi) is 4.24. The van der Waals surface area contributed by atoms with Crippen LogP contribution in [0, 0.1) is 5.92 Å². The molecule has 0 radical (unpaired) electrons. The van der Waals surface area contributed by atoms with Gasteiger partial charge in [-0.15, -0.1) is 0 Å². The minimum atomic E-state index is 0.218. The summed E-state index contributed by atoms with van der Waals surface area (Å²) < 4.78 is 0. The number of anilines is 2. The molecule has 108 valence electrons. The molecule has 1 aliphatic carbocycles. The van der Waals surface area contributed by atoms with Crippen LogP contribution in [0.25, 0.3) is 0 Å². The van der Waals surface area contributed by atoms with Crippen molar-refractivity contribution >= 4 is 17.3 Å². The van der Waals surface area contributed by atoms with E-state index in [1.807, 2.05) is 12.1 Å². The third-order valence-electron chi connectivity index (χ3n) is 4.58. The summed E-state index contributed by atoms with van der Waals surface area (Å²) in [6.07, 6.45) is 8.30. The van der Waals surface area contributed by atoms with Crippen LogP contribution in [-0.4, -0.2) is 19.0 Å². The van der Waals surface area contributed by atoms with E-state index < -0.39 is 0 Å². The lowest BCUT2D eigenvalue weighted by molar-refractivity contribution is -0.120. The summed E-state index contributed by atoms with van der Waals surface area (Å²) in [4.78, 5) is 14.8. The number of amides is 1. The zero-order valence-electron chi connectivity index (χ0n) is 12.1. The second-order valence-corrected chi connectivity index (χ2v) is 6.04. The molecule has 2 fully saturated rings. The van der Waals surface area contributed by atoms with Gasteiger partial charge in [0.1, 0.15) is 0 Å². The molecule has 1 aliphatic heterocycles. The van der Waals surface area contributed by atoms with E-state index in [2.05, 4.69) is 22.3 Å². The van der Waals surface area contributed by atoms with E-state index in [0.717, 1.165) is 31.6 Å². The number of hydrogen-bond acceptors (Lipinski definition) is 2. The fourth-order valence-electron chi connectivity index (χ4n) is 3.41. The molecule has 1 aromatic carbocycles. The van der Waals surface area contributed by atoms with Gasteiger partial charge < -0.3 is 10.2 Å². The third-order valence-corrected chi connectivity index (χ3v) is 4.58. The molecule has 1 amide bonds. The number of benzene rings is 1. The molecule has 3 nitrogen and oxygen atoms in total. The fraction of sp³-hybridized carbons (Fsp3) is 0.588. The van der Waals surface area contributed by atoms with E-state index >= 15 is 0 Å². The van der Waals surface area contributed by atoms with Gasteiger partial charge in [0.25, 0.3) is 0 Å². The van der Waals surface area contributed by atoms with Crippen molar-refractivity contribution < 1.29 is 4.79 Å². The first kappa shape index (κ1) is 13.5. The van der Waals surface area contributed by atoms with Gasteiger partial charge in [0, 0.05) is 19.0 Å². The molecular weight excluding hydrogens is 248 g/mol. The van der Waals surface area contributed by atoms with Crippen molar-refractivity contribution in [3.05, 3.63) is 24.3 Å². The first-order chi connectivity index (χ1) is 9.84. The van der Waals surface area contributed by atoms with E-state index in [1.165, 1.54) is 37.8 Å². The zero-order chi connectivity index (χ0) is 13.8. The maximum absolute atomic E-state index is 12.4. The molecule has 3 rings (SSSR count). The van der Waals surface area contributed by atoms with Crippen LogP contribution in [0.1, 0.15) is 44.9 Å². The molecule has 0 unspecified atom stereocenters. The summed E-state index contributed by atoms with van der Waals surface area (Å²) in [7, 11) is 0. The lowest BCUT2D eigenvalue weighted by Gasteiger charge is -2.24. The second-order valence-electron chi connectivity index (χ2n) is 6.04. The maximum atomic E-state index is 12.4. The topological polar surface area (TPSA) is 32.3 Å². The van der Waals surface area contributed by atoms with Crippen molar-refractivity contribution in [1.82, 2.24) is 0 Å². The van der Waals surface area contributed by atoms with Crippen molar-refractivity contribution in [2.75, 3.05) is 23.3 Å². The van der Waals surface area contributed by atoms with E-state index in [1.54, 1.807) is 0 Å². The molecule has 20 heavy (non-hydrogen) atoms. The molecular formula is C17H24N2O. The predicted octanol–water partition coefficient (Wildman–Crippen LogP) is 3.81. The normalized spacial score (nSPS) is 20.1. The summed E-state index contributed by atoms with van der Waals surface area (Å²) in [6.45, 7) is 2.21. The lowest BCUT2D eigenvalue weighted by Crippen LogP contribution is -2.26. The number of carbonyl (C=O) groups excluding carboxylic acids is 1. The van der Waals surface area contributed by atoms with Gasteiger partial charge in [0.15, 0.2) is 0 Å². The highest BCUT2D eigenvalue weighted by Gasteiger charge is 2.23. The summed E-state index contributed by atoms with van der Waals surface area (Å²) in [5.74, 6) is 0.437. The van der Waals surface area contributed by atoms with Gasteiger partial charge in [0.05, 0.1) is 11.4 Å². The molecule has 1 saturated carbocycles. The van der Waals surface area contributed by atoms with Crippen LogP contribution < -0.4 is 10.2 Å². The Balaban J connectivity index is 1.71. The van der Waals surface area contributed by atoms with E-state index in [4.69, 9.17) is 0 Å². The molecule has 0 atom stereocenters. The smallest absolute Gasteiger partial charge is 0.227 e. The molecule has 1 aromatic rings. The maximum Gasteiger partial charge on any atom is 0.227 e. The molecule has 0 spiro atoms. The molecule has 0 bridgehead atoms. The molecule has 0 aromatic heterocycles. The number of rotatable bonds is 3. The minimum Gasteiger partial charge on any atom is -0.370 e. The highest BCUT2D eigenvalue weighted by atomic mass is 16.1. The summed E-state index contributed by atoms with van der Waals surface area (Å²) in [6, 6.07) is 8.23. The summed E-state index contributed by atoms with van der Waals surface area (Å²) >= 11 is 0. The average molecular weight is 272 g/mol. The van der Waals surface area contributed by atoms with Gasteiger partial charge >= 0.3 is 0 Å². The Morgan fingerprint density at radius 2 is 1.70 bits per heavy atom.